The summed E-state index contributed by atoms with van der Waals surface area (Å²) in [5.41, 5.74) is 1.14. The number of amidine groups is 1. The second-order valence-electron chi connectivity index (χ2n) is 7.86. The van der Waals surface area contributed by atoms with Gasteiger partial charge in [0.05, 0.1) is 12.8 Å². The second kappa shape index (κ2) is 12.4. The van der Waals surface area contributed by atoms with Gasteiger partial charge in [-0.1, -0.05) is 50.4 Å². The first kappa shape index (κ1) is 24.8. The molecule has 0 saturated carbocycles. The topological polar surface area (TPSA) is 71.0 Å². The Balaban J connectivity index is 1.75. The monoisotopic (exact) mass is 471 g/mol. The molecule has 1 unspecified atom stereocenters. The Morgan fingerprint density at radius 1 is 1.18 bits per heavy atom. The van der Waals surface area contributed by atoms with E-state index in [0.29, 0.717) is 28.8 Å². The zero-order valence-corrected chi connectivity index (χ0v) is 19.9. The number of amides is 2. The molecule has 1 heterocycles. The van der Waals surface area contributed by atoms with Crippen LogP contribution in [0.25, 0.3) is 0 Å². The van der Waals surface area contributed by atoms with Gasteiger partial charge in [-0.05, 0) is 42.8 Å². The summed E-state index contributed by atoms with van der Waals surface area (Å²) in [7, 11) is 1.56. The van der Waals surface area contributed by atoms with E-state index in [1.54, 1.807) is 48.4 Å². The normalized spacial score (nSPS) is 17.3. The van der Waals surface area contributed by atoms with E-state index >= 15 is 0 Å². The van der Waals surface area contributed by atoms with Crippen LogP contribution in [0, 0.1) is 5.82 Å². The van der Waals surface area contributed by atoms with Crippen molar-refractivity contribution in [2.45, 2.75) is 50.7 Å². The highest BCUT2D eigenvalue weighted by Crippen LogP contribution is 2.30. The maximum atomic E-state index is 13.3. The molecule has 176 valence electrons. The summed E-state index contributed by atoms with van der Waals surface area (Å²) in [5.74, 6) is -0.116. The average molecular weight is 472 g/mol. The van der Waals surface area contributed by atoms with Crippen molar-refractivity contribution in [1.82, 2.24) is 4.90 Å². The van der Waals surface area contributed by atoms with Gasteiger partial charge in [-0.15, -0.1) is 0 Å². The minimum Gasteiger partial charge on any atom is -0.497 e. The maximum Gasteiger partial charge on any atom is 0.238 e. The molecule has 1 aliphatic heterocycles. The molecule has 6 nitrogen and oxygen atoms in total. The molecule has 2 aromatic carbocycles. The first-order valence-corrected chi connectivity index (χ1v) is 12.1. The third-order valence-corrected chi connectivity index (χ3v) is 6.49. The van der Waals surface area contributed by atoms with Crippen molar-refractivity contribution in [2.24, 2.45) is 4.99 Å². The number of nitrogens with one attached hydrogen (secondary N) is 1. The largest absolute Gasteiger partial charge is 0.497 e. The van der Waals surface area contributed by atoms with Crippen LogP contribution in [0.4, 0.5) is 15.8 Å². The lowest BCUT2D eigenvalue weighted by Crippen LogP contribution is -2.45. The highest BCUT2D eigenvalue weighted by atomic mass is 32.2. The fourth-order valence-electron chi connectivity index (χ4n) is 3.48. The summed E-state index contributed by atoms with van der Waals surface area (Å²) in [4.78, 5) is 32.2. The van der Waals surface area contributed by atoms with E-state index < -0.39 is 5.25 Å². The van der Waals surface area contributed by atoms with Crippen LogP contribution in [0.5, 0.6) is 5.75 Å². The molecule has 2 amide bonds. The van der Waals surface area contributed by atoms with Gasteiger partial charge in [0.25, 0.3) is 0 Å². The first-order chi connectivity index (χ1) is 16.0. The number of aliphatic imine (C=N–C) groups is 1. The number of carbonyl (C=O) groups excluding carboxylic acids is 2. The standard InChI is InChI=1S/C25H30FN3O3S/c1-3-4-5-6-7-15-29-23(30)17-22(24(31)27-20-9-8-10-21(16-20)32-2)33-25(29)28-19-13-11-18(26)12-14-19/h8-14,16,22H,3-7,15,17H2,1-2H3,(H,27,31). The molecule has 2 aromatic rings. The molecule has 0 spiro atoms. The Hall–Kier alpha value is -2.87. The Morgan fingerprint density at radius 3 is 2.67 bits per heavy atom. The molecule has 1 atom stereocenters. The number of rotatable bonds is 10. The smallest absolute Gasteiger partial charge is 0.238 e. The summed E-state index contributed by atoms with van der Waals surface area (Å²) >= 11 is 1.27. The fourth-order valence-corrected chi connectivity index (χ4v) is 4.61. The Labute approximate surface area is 198 Å². The molecule has 0 bridgehead atoms. The Kier molecular flexibility index (Phi) is 9.30. The molecule has 0 aromatic heterocycles. The van der Waals surface area contributed by atoms with Gasteiger partial charge >= 0.3 is 0 Å². The minimum absolute atomic E-state index is 0.0951. The lowest BCUT2D eigenvalue weighted by atomic mass is 10.1. The molecule has 33 heavy (non-hydrogen) atoms. The number of benzene rings is 2. The first-order valence-electron chi connectivity index (χ1n) is 11.3. The van der Waals surface area contributed by atoms with Crippen molar-refractivity contribution >= 4 is 40.1 Å². The van der Waals surface area contributed by atoms with Crippen molar-refractivity contribution in [3.8, 4) is 5.75 Å². The molecule has 1 fully saturated rings. The molecular formula is C25H30FN3O3S. The van der Waals surface area contributed by atoms with E-state index in [9.17, 15) is 14.0 Å². The van der Waals surface area contributed by atoms with Crippen molar-refractivity contribution in [3.63, 3.8) is 0 Å². The van der Waals surface area contributed by atoms with E-state index in [1.165, 1.54) is 30.3 Å². The molecule has 0 radical (unpaired) electrons. The van der Waals surface area contributed by atoms with Gasteiger partial charge < -0.3 is 10.1 Å². The van der Waals surface area contributed by atoms with Crippen LogP contribution in [0.3, 0.4) is 0 Å². The molecule has 1 aliphatic rings. The summed E-state index contributed by atoms with van der Waals surface area (Å²) in [6, 6.07) is 12.9. The van der Waals surface area contributed by atoms with Gasteiger partial charge in [-0.3, -0.25) is 14.5 Å². The molecule has 0 aliphatic carbocycles. The summed E-state index contributed by atoms with van der Waals surface area (Å²) in [5, 5.41) is 2.72. The molecule has 3 rings (SSSR count). The van der Waals surface area contributed by atoms with E-state index in [4.69, 9.17) is 4.74 Å². The van der Waals surface area contributed by atoms with E-state index in [0.717, 1.165) is 25.7 Å². The number of thioether (sulfide) groups is 1. The Morgan fingerprint density at radius 2 is 1.94 bits per heavy atom. The Bertz CT molecular complexity index is 981. The maximum absolute atomic E-state index is 13.3. The van der Waals surface area contributed by atoms with Crippen LogP contribution < -0.4 is 10.1 Å². The summed E-state index contributed by atoms with van der Waals surface area (Å²) in [6.07, 6.45) is 5.45. The van der Waals surface area contributed by atoms with E-state index in [2.05, 4.69) is 17.2 Å². The minimum atomic E-state index is -0.612. The van der Waals surface area contributed by atoms with Crippen molar-refractivity contribution < 1.29 is 18.7 Å². The quantitative estimate of drug-likeness (QED) is 0.447. The van der Waals surface area contributed by atoms with Gasteiger partial charge in [0.1, 0.15) is 16.8 Å². The number of halogens is 1. The number of hydrogen-bond acceptors (Lipinski definition) is 5. The number of unbranched alkanes of at least 4 members (excludes halogenated alkanes) is 4. The number of nitrogens with zero attached hydrogens (tertiary/aromatic N) is 2. The third kappa shape index (κ3) is 7.32. The zero-order valence-electron chi connectivity index (χ0n) is 19.1. The lowest BCUT2D eigenvalue weighted by Gasteiger charge is -2.32. The van der Waals surface area contributed by atoms with Crippen molar-refractivity contribution in [3.05, 3.63) is 54.3 Å². The van der Waals surface area contributed by atoms with Crippen molar-refractivity contribution in [1.29, 1.82) is 0 Å². The van der Waals surface area contributed by atoms with Gasteiger partial charge in [0.2, 0.25) is 11.8 Å². The second-order valence-corrected chi connectivity index (χ2v) is 9.03. The average Bonchev–Trinajstić information content (AvgIpc) is 2.81. The van der Waals surface area contributed by atoms with Crippen molar-refractivity contribution in [2.75, 3.05) is 19.0 Å². The van der Waals surface area contributed by atoms with Gasteiger partial charge in [0.15, 0.2) is 5.17 Å². The van der Waals surface area contributed by atoms with Crippen LogP contribution in [-0.2, 0) is 9.59 Å². The molecule has 8 heteroatoms. The predicted octanol–water partition coefficient (Wildman–Crippen LogP) is 5.77. The highest BCUT2D eigenvalue weighted by Gasteiger charge is 2.35. The van der Waals surface area contributed by atoms with Crippen LogP contribution in [0.2, 0.25) is 0 Å². The van der Waals surface area contributed by atoms with E-state index in [1.807, 2.05) is 0 Å². The predicted molar refractivity (Wildman–Crippen MR) is 132 cm³/mol. The highest BCUT2D eigenvalue weighted by molar-refractivity contribution is 8.15. The number of hydrogen-bond donors (Lipinski definition) is 1. The van der Waals surface area contributed by atoms with Crippen LogP contribution in [0.15, 0.2) is 53.5 Å². The number of carbonyl (C=O) groups is 2. The molecule has 1 N–H and O–H groups in total. The third-order valence-electron chi connectivity index (χ3n) is 5.31. The van der Waals surface area contributed by atoms with Gasteiger partial charge in [-0.2, -0.15) is 0 Å². The van der Waals surface area contributed by atoms with Gasteiger partial charge in [0, 0.05) is 24.7 Å². The van der Waals surface area contributed by atoms with Crippen LogP contribution in [-0.4, -0.2) is 40.8 Å². The lowest BCUT2D eigenvalue weighted by molar-refractivity contribution is -0.129. The zero-order chi connectivity index (χ0) is 23.6. The van der Waals surface area contributed by atoms with Crippen LogP contribution >= 0.6 is 11.8 Å². The molecular weight excluding hydrogens is 441 g/mol. The number of ether oxygens (including phenoxy) is 1. The van der Waals surface area contributed by atoms with Gasteiger partial charge in [-0.25, -0.2) is 9.38 Å². The number of methoxy groups -OCH3 is 1. The SMILES string of the molecule is CCCCCCCN1C(=O)CC(C(=O)Nc2cccc(OC)c2)SC1=Nc1ccc(F)cc1. The summed E-state index contributed by atoms with van der Waals surface area (Å²) in [6.45, 7) is 2.72. The number of anilines is 1. The molecule has 1 saturated heterocycles. The fraction of sp³-hybridized carbons (Fsp3) is 0.400. The summed E-state index contributed by atoms with van der Waals surface area (Å²) < 4.78 is 18.5. The van der Waals surface area contributed by atoms with Crippen LogP contribution in [0.1, 0.15) is 45.4 Å². The van der Waals surface area contributed by atoms with E-state index in [-0.39, 0.29) is 24.1 Å².